The quantitative estimate of drug-likeness (QED) is 0.863. The molecule has 1 aliphatic rings. The Balaban J connectivity index is 2.55. The van der Waals surface area contributed by atoms with Crippen LogP contribution in [0.25, 0.3) is 0 Å². The number of amides is 1. The maximum absolute atomic E-state index is 12.8. The molecule has 1 aromatic carbocycles. The van der Waals surface area contributed by atoms with Crippen molar-refractivity contribution < 1.29 is 23.1 Å². The van der Waals surface area contributed by atoms with Crippen molar-refractivity contribution in [3.05, 3.63) is 29.3 Å². The highest BCUT2D eigenvalue weighted by Gasteiger charge is 2.35. The molecule has 1 unspecified atom stereocenters. The van der Waals surface area contributed by atoms with Crippen LogP contribution >= 0.6 is 0 Å². The van der Waals surface area contributed by atoms with Crippen LogP contribution in [0.2, 0.25) is 0 Å². The summed E-state index contributed by atoms with van der Waals surface area (Å²) in [5.41, 5.74) is -0.0238. The number of fused-ring (bicyclic) bond motifs is 1. The standard InChI is InChI=1S/C13H15F3N2O2/c1-17(2)10-5-6-18(12(19)20)11-4-3-8(7-9(10)11)13(14,15)16/h3-4,7,10H,5-6H2,1-2H3,(H,19,20). The van der Waals surface area contributed by atoms with E-state index < -0.39 is 17.8 Å². The first-order chi connectivity index (χ1) is 9.21. The van der Waals surface area contributed by atoms with Crippen LogP contribution in [0.15, 0.2) is 18.2 Å². The molecular formula is C13H15F3N2O2. The van der Waals surface area contributed by atoms with E-state index in [0.29, 0.717) is 17.7 Å². The van der Waals surface area contributed by atoms with Gasteiger partial charge in [-0.1, -0.05) is 0 Å². The Morgan fingerprint density at radius 1 is 1.40 bits per heavy atom. The zero-order chi connectivity index (χ0) is 15.1. The lowest BCUT2D eigenvalue weighted by molar-refractivity contribution is -0.137. The molecule has 0 fully saturated rings. The van der Waals surface area contributed by atoms with Gasteiger partial charge in [0, 0.05) is 12.6 Å². The second kappa shape index (κ2) is 4.97. The Morgan fingerprint density at radius 2 is 2.05 bits per heavy atom. The fourth-order valence-electron chi connectivity index (χ4n) is 2.51. The van der Waals surface area contributed by atoms with Crippen molar-refractivity contribution >= 4 is 11.8 Å². The summed E-state index contributed by atoms with van der Waals surface area (Å²) in [5, 5.41) is 9.13. The molecule has 0 saturated carbocycles. The molecule has 7 heteroatoms. The molecule has 0 aliphatic carbocycles. The Kier molecular flexibility index (Phi) is 3.64. The zero-order valence-corrected chi connectivity index (χ0v) is 11.1. The third-order valence-electron chi connectivity index (χ3n) is 3.49. The van der Waals surface area contributed by atoms with Crippen LogP contribution in [-0.2, 0) is 6.18 Å². The normalized spacial score (nSPS) is 19.1. The van der Waals surface area contributed by atoms with Crippen LogP contribution in [0.5, 0.6) is 0 Å². The highest BCUT2D eigenvalue weighted by molar-refractivity contribution is 5.88. The number of alkyl halides is 3. The predicted octanol–water partition coefficient (Wildman–Crippen LogP) is 3.20. The minimum absolute atomic E-state index is 0.220. The van der Waals surface area contributed by atoms with Gasteiger partial charge in [-0.15, -0.1) is 0 Å². The summed E-state index contributed by atoms with van der Waals surface area (Å²) < 4.78 is 38.4. The second-order valence-corrected chi connectivity index (χ2v) is 4.97. The number of hydrogen-bond donors (Lipinski definition) is 1. The van der Waals surface area contributed by atoms with E-state index >= 15 is 0 Å². The summed E-state index contributed by atoms with van der Waals surface area (Å²) in [6.07, 6.45) is -5.12. The predicted molar refractivity (Wildman–Crippen MR) is 67.9 cm³/mol. The number of rotatable bonds is 1. The molecule has 1 aromatic rings. The van der Waals surface area contributed by atoms with Crippen molar-refractivity contribution in [2.75, 3.05) is 25.5 Å². The van der Waals surface area contributed by atoms with Crippen LogP contribution in [0.3, 0.4) is 0 Å². The molecule has 1 atom stereocenters. The van der Waals surface area contributed by atoms with Gasteiger partial charge in [0.15, 0.2) is 0 Å². The lowest BCUT2D eigenvalue weighted by Gasteiger charge is -2.36. The number of nitrogens with zero attached hydrogens (tertiary/aromatic N) is 2. The number of carbonyl (C=O) groups is 1. The lowest BCUT2D eigenvalue weighted by Crippen LogP contribution is -2.38. The average Bonchev–Trinajstić information content (AvgIpc) is 2.35. The maximum Gasteiger partial charge on any atom is 0.416 e. The molecule has 0 bridgehead atoms. The Hall–Kier alpha value is -1.76. The van der Waals surface area contributed by atoms with Crippen molar-refractivity contribution in [1.82, 2.24) is 4.90 Å². The average molecular weight is 288 g/mol. The summed E-state index contributed by atoms with van der Waals surface area (Å²) in [7, 11) is 3.54. The second-order valence-electron chi connectivity index (χ2n) is 4.97. The van der Waals surface area contributed by atoms with E-state index in [4.69, 9.17) is 5.11 Å². The summed E-state index contributed by atoms with van der Waals surface area (Å²) in [6, 6.07) is 2.99. The molecule has 110 valence electrons. The van der Waals surface area contributed by atoms with Gasteiger partial charge < -0.3 is 10.0 Å². The summed E-state index contributed by atoms with van der Waals surface area (Å²) in [5.74, 6) is 0. The van der Waals surface area contributed by atoms with Gasteiger partial charge in [-0.05, 0) is 44.3 Å². The molecule has 20 heavy (non-hydrogen) atoms. The van der Waals surface area contributed by atoms with E-state index in [0.717, 1.165) is 17.0 Å². The van der Waals surface area contributed by atoms with Crippen molar-refractivity contribution in [2.45, 2.75) is 18.6 Å². The first-order valence-corrected chi connectivity index (χ1v) is 6.10. The SMILES string of the molecule is CN(C)C1CCN(C(=O)O)c2ccc(C(F)(F)F)cc21. The first kappa shape index (κ1) is 14.6. The van der Waals surface area contributed by atoms with Gasteiger partial charge in [-0.25, -0.2) is 4.79 Å². The van der Waals surface area contributed by atoms with Crippen molar-refractivity contribution in [1.29, 1.82) is 0 Å². The molecular weight excluding hydrogens is 273 g/mol. The van der Waals surface area contributed by atoms with Crippen LogP contribution in [0, 0.1) is 0 Å². The van der Waals surface area contributed by atoms with Gasteiger partial charge in [-0.2, -0.15) is 13.2 Å². The number of benzene rings is 1. The summed E-state index contributed by atoms with van der Waals surface area (Å²) in [4.78, 5) is 14.1. The van der Waals surface area contributed by atoms with E-state index in [1.807, 2.05) is 0 Å². The van der Waals surface area contributed by atoms with Gasteiger partial charge in [-0.3, -0.25) is 4.90 Å². The number of anilines is 1. The molecule has 0 spiro atoms. The molecule has 1 aliphatic heterocycles. The summed E-state index contributed by atoms with van der Waals surface area (Å²) >= 11 is 0. The monoisotopic (exact) mass is 288 g/mol. The van der Waals surface area contributed by atoms with E-state index in [9.17, 15) is 18.0 Å². The zero-order valence-electron chi connectivity index (χ0n) is 11.1. The van der Waals surface area contributed by atoms with Gasteiger partial charge >= 0.3 is 12.3 Å². The van der Waals surface area contributed by atoms with Gasteiger partial charge in [0.1, 0.15) is 0 Å². The molecule has 0 aromatic heterocycles. The Morgan fingerprint density at radius 3 is 2.55 bits per heavy atom. The minimum Gasteiger partial charge on any atom is -0.465 e. The number of carboxylic acid groups (broad SMARTS) is 1. The lowest BCUT2D eigenvalue weighted by atomic mass is 9.94. The molecule has 1 amide bonds. The number of hydrogen-bond acceptors (Lipinski definition) is 2. The van der Waals surface area contributed by atoms with Crippen LogP contribution in [0.1, 0.15) is 23.6 Å². The van der Waals surface area contributed by atoms with E-state index in [1.165, 1.54) is 6.07 Å². The highest BCUT2D eigenvalue weighted by Crippen LogP contribution is 2.40. The summed E-state index contributed by atoms with van der Waals surface area (Å²) in [6.45, 7) is 0.274. The van der Waals surface area contributed by atoms with E-state index in [2.05, 4.69) is 0 Å². The molecule has 0 saturated heterocycles. The molecule has 2 rings (SSSR count). The number of halogens is 3. The van der Waals surface area contributed by atoms with Gasteiger partial charge in [0.25, 0.3) is 0 Å². The van der Waals surface area contributed by atoms with Crippen LogP contribution < -0.4 is 4.90 Å². The molecule has 0 radical (unpaired) electrons. The van der Waals surface area contributed by atoms with E-state index in [1.54, 1.807) is 19.0 Å². The third kappa shape index (κ3) is 2.58. The molecule has 1 heterocycles. The van der Waals surface area contributed by atoms with Crippen molar-refractivity contribution in [3.63, 3.8) is 0 Å². The van der Waals surface area contributed by atoms with Crippen LogP contribution in [-0.4, -0.2) is 36.7 Å². The van der Waals surface area contributed by atoms with Crippen LogP contribution in [0.4, 0.5) is 23.7 Å². The minimum atomic E-state index is -4.43. The van der Waals surface area contributed by atoms with Gasteiger partial charge in [0.2, 0.25) is 0 Å². The van der Waals surface area contributed by atoms with E-state index in [-0.39, 0.29) is 12.6 Å². The highest BCUT2D eigenvalue weighted by atomic mass is 19.4. The Bertz CT molecular complexity index is 529. The Labute approximate surface area is 114 Å². The largest absolute Gasteiger partial charge is 0.465 e. The first-order valence-electron chi connectivity index (χ1n) is 6.10. The fraction of sp³-hybridized carbons (Fsp3) is 0.462. The maximum atomic E-state index is 12.8. The van der Waals surface area contributed by atoms with Gasteiger partial charge in [0.05, 0.1) is 11.3 Å². The smallest absolute Gasteiger partial charge is 0.416 e. The molecule has 1 N–H and O–H groups in total. The van der Waals surface area contributed by atoms with Crippen molar-refractivity contribution in [3.8, 4) is 0 Å². The topological polar surface area (TPSA) is 43.8 Å². The fourth-order valence-corrected chi connectivity index (χ4v) is 2.51. The van der Waals surface area contributed by atoms with Crippen molar-refractivity contribution in [2.24, 2.45) is 0 Å². The molecule has 4 nitrogen and oxygen atoms in total. The third-order valence-corrected chi connectivity index (χ3v) is 3.49.